The second kappa shape index (κ2) is 5.66. The van der Waals surface area contributed by atoms with Crippen LogP contribution in [0.4, 0.5) is 17.2 Å². The van der Waals surface area contributed by atoms with E-state index in [9.17, 15) is 14.9 Å². The molecule has 0 fully saturated rings. The van der Waals surface area contributed by atoms with E-state index in [4.69, 9.17) is 11.6 Å². The molecule has 1 aromatic carbocycles. The standard InChI is InChI=1S/C13H10ClN3O3/c1-8(18)9-2-4-10(5-3-9)15-13-11(17(19)20)6-7-12(14)16-13/h2-7H,1H3,(H,15,16). The molecular formula is C13H10ClN3O3. The Bertz CT molecular complexity index is 671. The van der Waals surface area contributed by atoms with Crippen molar-refractivity contribution in [1.29, 1.82) is 0 Å². The number of hydrogen-bond acceptors (Lipinski definition) is 5. The molecule has 0 aliphatic rings. The molecule has 1 N–H and O–H groups in total. The predicted octanol–water partition coefficient (Wildman–Crippen LogP) is 3.59. The van der Waals surface area contributed by atoms with Gasteiger partial charge in [0.05, 0.1) is 4.92 Å². The maximum atomic E-state index is 11.2. The minimum atomic E-state index is -0.546. The zero-order valence-electron chi connectivity index (χ0n) is 10.5. The molecule has 1 aromatic heterocycles. The van der Waals surface area contributed by atoms with E-state index in [-0.39, 0.29) is 22.4 Å². The number of anilines is 2. The molecule has 0 amide bonds. The Morgan fingerprint density at radius 2 is 1.90 bits per heavy atom. The van der Waals surface area contributed by atoms with E-state index >= 15 is 0 Å². The Balaban J connectivity index is 2.31. The maximum Gasteiger partial charge on any atom is 0.311 e. The SMILES string of the molecule is CC(=O)c1ccc(Nc2nc(Cl)ccc2[N+](=O)[O-])cc1. The summed E-state index contributed by atoms with van der Waals surface area (Å²) < 4.78 is 0. The number of carbonyl (C=O) groups is 1. The zero-order valence-corrected chi connectivity index (χ0v) is 11.2. The van der Waals surface area contributed by atoms with Gasteiger partial charge in [-0.1, -0.05) is 11.6 Å². The van der Waals surface area contributed by atoms with E-state index in [0.717, 1.165) is 0 Å². The van der Waals surface area contributed by atoms with Crippen molar-refractivity contribution in [2.24, 2.45) is 0 Å². The van der Waals surface area contributed by atoms with Gasteiger partial charge in [-0.2, -0.15) is 0 Å². The fourth-order valence-electron chi connectivity index (χ4n) is 1.59. The molecule has 20 heavy (non-hydrogen) atoms. The summed E-state index contributed by atoms with van der Waals surface area (Å²) >= 11 is 5.74. The fraction of sp³-hybridized carbons (Fsp3) is 0.0769. The normalized spacial score (nSPS) is 10.1. The predicted molar refractivity (Wildman–Crippen MR) is 75.6 cm³/mol. The highest BCUT2D eigenvalue weighted by atomic mass is 35.5. The van der Waals surface area contributed by atoms with E-state index in [1.54, 1.807) is 24.3 Å². The number of pyridine rings is 1. The average molecular weight is 292 g/mol. The van der Waals surface area contributed by atoms with Gasteiger partial charge in [-0.3, -0.25) is 14.9 Å². The highest BCUT2D eigenvalue weighted by Gasteiger charge is 2.15. The van der Waals surface area contributed by atoms with Crippen molar-refractivity contribution in [2.75, 3.05) is 5.32 Å². The molecule has 0 unspecified atom stereocenters. The molecule has 0 aliphatic heterocycles. The summed E-state index contributed by atoms with van der Waals surface area (Å²) in [4.78, 5) is 25.4. The van der Waals surface area contributed by atoms with Crippen molar-refractivity contribution in [1.82, 2.24) is 4.98 Å². The van der Waals surface area contributed by atoms with Gasteiger partial charge in [-0.05, 0) is 37.3 Å². The molecule has 0 saturated heterocycles. The summed E-state index contributed by atoms with van der Waals surface area (Å²) in [5.74, 6) is 0.00138. The van der Waals surface area contributed by atoms with E-state index in [1.165, 1.54) is 19.1 Å². The quantitative estimate of drug-likeness (QED) is 0.403. The number of rotatable bonds is 4. The molecule has 7 heteroatoms. The number of halogens is 1. The van der Waals surface area contributed by atoms with E-state index in [0.29, 0.717) is 11.3 Å². The zero-order chi connectivity index (χ0) is 14.7. The van der Waals surface area contributed by atoms with Gasteiger partial charge in [-0.15, -0.1) is 0 Å². The first-order chi connectivity index (χ1) is 9.47. The van der Waals surface area contributed by atoms with Crippen molar-refractivity contribution in [3.05, 3.63) is 57.2 Å². The summed E-state index contributed by atoms with van der Waals surface area (Å²) in [7, 11) is 0. The van der Waals surface area contributed by atoms with Gasteiger partial charge in [0, 0.05) is 17.3 Å². The number of hydrogen-bond donors (Lipinski definition) is 1. The van der Waals surface area contributed by atoms with Crippen LogP contribution in [-0.4, -0.2) is 15.7 Å². The number of nitrogens with one attached hydrogen (secondary N) is 1. The number of nitrogens with zero attached hydrogens (tertiary/aromatic N) is 2. The Morgan fingerprint density at radius 1 is 1.25 bits per heavy atom. The van der Waals surface area contributed by atoms with Crippen molar-refractivity contribution in [3.63, 3.8) is 0 Å². The molecule has 1 heterocycles. The van der Waals surface area contributed by atoms with Crippen LogP contribution in [0.2, 0.25) is 5.15 Å². The lowest BCUT2D eigenvalue weighted by atomic mass is 10.1. The second-order valence-electron chi connectivity index (χ2n) is 4.02. The Labute approximate surface area is 119 Å². The van der Waals surface area contributed by atoms with E-state index in [2.05, 4.69) is 10.3 Å². The smallest absolute Gasteiger partial charge is 0.311 e. The van der Waals surface area contributed by atoms with E-state index in [1.807, 2.05) is 0 Å². The molecule has 0 saturated carbocycles. The minimum absolute atomic E-state index is 0.0524. The lowest BCUT2D eigenvalue weighted by Crippen LogP contribution is -2.00. The first-order valence-electron chi connectivity index (χ1n) is 5.66. The Kier molecular flexibility index (Phi) is 3.95. The highest BCUT2D eigenvalue weighted by molar-refractivity contribution is 6.29. The van der Waals surface area contributed by atoms with Crippen LogP contribution in [0.1, 0.15) is 17.3 Å². The van der Waals surface area contributed by atoms with Crippen molar-refractivity contribution >= 4 is 34.6 Å². The summed E-state index contributed by atoms with van der Waals surface area (Å²) in [6, 6.07) is 9.17. The van der Waals surface area contributed by atoms with Gasteiger partial charge in [0.15, 0.2) is 5.78 Å². The largest absolute Gasteiger partial charge is 0.334 e. The third kappa shape index (κ3) is 3.10. The second-order valence-corrected chi connectivity index (χ2v) is 4.40. The Morgan fingerprint density at radius 3 is 2.45 bits per heavy atom. The van der Waals surface area contributed by atoms with E-state index < -0.39 is 4.92 Å². The summed E-state index contributed by atoms with van der Waals surface area (Å²) in [5, 5.41) is 13.9. The lowest BCUT2D eigenvalue weighted by molar-refractivity contribution is -0.384. The van der Waals surface area contributed by atoms with Gasteiger partial charge >= 0.3 is 5.69 Å². The number of Topliss-reactive ketones (excluding diaryl/α,β-unsaturated/α-hetero) is 1. The molecular weight excluding hydrogens is 282 g/mol. The van der Waals surface area contributed by atoms with Crippen molar-refractivity contribution < 1.29 is 9.72 Å². The number of ketones is 1. The van der Waals surface area contributed by atoms with Crippen LogP contribution in [0.3, 0.4) is 0 Å². The molecule has 102 valence electrons. The lowest BCUT2D eigenvalue weighted by Gasteiger charge is -2.07. The van der Waals surface area contributed by atoms with Crippen LogP contribution in [0.15, 0.2) is 36.4 Å². The average Bonchev–Trinajstić information content (AvgIpc) is 2.39. The van der Waals surface area contributed by atoms with Crippen molar-refractivity contribution in [3.8, 4) is 0 Å². The van der Waals surface area contributed by atoms with Gasteiger partial charge in [-0.25, -0.2) is 4.98 Å². The summed E-state index contributed by atoms with van der Waals surface area (Å²) in [5.41, 5.74) is 0.960. The number of aromatic nitrogens is 1. The molecule has 0 radical (unpaired) electrons. The highest BCUT2D eigenvalue weighted by Crippen LogP contribution is 2.27. The van der Waals surface area contributed by atoms with Gasteiger partial charge in [0.1, 0.15) is 5.15 Å². The van der Waals surface area contributed by atoms with Crippen LogP contribution in [0.25, 0.3) is 0 Å². The molecule has 2 aromatic rings. The van der Waals surface area contributed by atoms with Crippen LogP contribution in [0.5, 0.6) is 0 Å². The van der Waals surface area contributed by atoms with Crippen LogP contribution < -0.4 is 5.32 Å². The maximum absolute atomic E-state index is 11.2. The third-order valence-corrected chi connectivity index (χ3v) is 2.80. The van der Waals surface area contributed by atoms with Gasteiger partial charge in [0.25, 0.3) is 0 Å². The number of nitro groups is 1. The van der Waals surface area contributed by atoms with Crippen LogP contribution in [-0.2, 0) is 0 Å². The third-order valence-electron chi connectivity index (χ3n) is 2.59. The van der Waals surface area contributed by atoms with Gasteiger partial charge in [0.2, 0.25) is 5.82 Å². The molecule has 0 bridgehead atoms. The molecule has 0 aliphatic carbocycles. The monoisotopic (exact) mass is 291 g/mol. The molecule has 0 spiro atoms. The van der Waals surface area contributed by atoms with Gasteiger partial charge < -0.3 is 5.32 Å². The fourth-order valence-corrected chi connectivity index (χ4v) is 1.74. The summed E-state index contributed by atoms with van der Waals surface area (Å²) in [6.07, 6.45) is 0. The molecule has 2 rings (SSSR count). The molecule has 6 nitrogen and oxygen atoms in total. The first kappa shape index (κ1) is 14.0. The van der Waals surface area contributed by atoms with Crippen molar-refractivity contribution in [2.45, 2.75) is 6.92 Å². The number of benzene rings is 1. The first-order valence-corrected chi connectivity index (χ1v) is 6.04. The van der Waals surface area contributed by atoms with Crippen LogP contribution >= 0.6 is 11.6 Å². The van der Waals surface area contributed by atoms with Crippen LogP contribution in [0, 0.1) is 10.1 Å². The summed E-state index contributed by atoms with van der Waals surface area (Å²) in [6.45, 7) is 1.46. The molecule has 0 atom stereocenters. The minimum Gasteiger partial charge on any atom is -0.334 e. The number of carbonyl (C=O) groups excluding carboxylic acids is 1. The Hall–Kier alpha value is -2.47. The topological polar surface area (TPSA) is 85.1 Å².